The lowest BCUT2D eigenvalue weighted by Crippen LogP contribution is -2.07. The van der Waals surface area contributed by atoms with Crippen LogP contribution in [0.1, 0.15) is 24.3 Å². The SMILES string of the molecule is CCOCC(O)c1cn(C)nc1C. The number of hydrogen-bond donors (Lipinski definition) is 1. The summed E-state index contributed by atoms with van der Waals surface area (Å²) in [5.41, 5.74) is 1.70. The summed E-state index contributed by atoms with van der Waals surface area (Å²) in [7, 11) is 1.84. The van der Waals surface area contributed by atoms with Crippen LogP contribution < -0.4 is 0 Å². The van der Waals surface area contributed by atoms with Crippen LogP contribution in [0.15, 0.2) is 6.20 Å². The molecule has 0 bridgehead atoms. The highest BCUT2D eigenvalue weighted by Gasteiger charge is 2.12. The molecule has 4 nitrogen and oxygen atoms in total. The van der Waals surface area contributed by atoms with E-state index in [2.05, 4.69) is 5.10 Å². The molecule has 1 aromatic heterocycles. The summed E-state index contributed by atoms with van der Waals surface area (Å²) < 4.78 is 6.82. The highest BCUT2D eigenvalue weighted by atomic mass is 16.5. The summed E-state index contributed by atoms with van der Waals surface area (Å²) in [5, 5.41) is 13.8. The number of rotatable bonds is 4. The summed E-state index contributed by atoms with van der Waals surface area (Å²) in [6.45, 7) is 4.74. The topological polar surface area (TPSA) is 47.3 Å². The molecule has 0 saturated carbocycles. The largest absolute Gasteiger partial charge is 0.386 e. The van der Waals surface area contributed by atoms with Crippen LogP contribution in [0.5, 0.6) is 0 Å². The van der Waals surface area contributed by atoms with Crippen molar-refractivity contribution in [1.29, 1.82) is 0 Å². The predicted octanol–water partition coefficient (Wildman–Crippen LogP) is 0.798. The van der Waals surface area contributed by atoms with Gasteiger partial charge in [0, 0.05) is 25.4 Å². The second-order valence-electron chi connectivity index (χ2n) is 3.02. The second kappa shape index (κ2) is 4.39. The first-order valence-corrected chi connectivity index (χ1v) is 4.41. The predicted molar refractivity (Wildman–Crippen MR) is 49.4 cm³/mol. The van der Waals surface area contributed by atoms with Crippen LogP contribution in [-0.2, 0) is 11.8 Å². The third-order valence-electron chi connectivity index (χ3n) is 1.89. The summed E-state index contributed by atoms with van der Waals surface area (Å²) in [5.74, 6) is 0. The summed E-state index contributed by atoms with van der Waals surface area (Å²) in [6.07, 6.45) is 1.26. The summed E-state index contributed by atoms with van der Waals surface area (Å²) >= 11 is 0. The minimum atomic E-state index is -0.561. The molecular formula is C9H16N2O2. The molecule has 1 N–H and O–H groups in total. The Hall–Kier alpha value is -0.870. The molecule has 0 fully saturated rings. The van der Waals surface area contributed by atoms with Gasteiger partial charge in [-0.15, -0.1) is 0 Å². The fourth-order valence-corrected chi connectivity index (χ4v) is 1.26. The molecule has 0 radical (unpaired) electrons. The summed E-state index contributed by atoms with van der Waals surface area (Å²) in [4.78, 5) is 0. The highest BCUT2D eigenvalue weighted by molar-refractivity contribution is 5.18. The number of aliphatic hydroxyl groups is 1. The molecule has 74 valence electrons. The first kappa shape index (κ1) is 10.2. The Morgan fingerprint density at radius 3 is 2.85 bits per heavy atom. The van der Waals surface area contributed by atoms with Gasteiger partial charge in [0.15, 0.2) is 0 Å². The van der Waals surface area contributed by atoms with Gasteiger partial charge in [-0.25, -0.2) is 0 Å². The third kappa shape index (κ3) is 2.54. The second-order valence-corrected chi connectivity index (χ2v) is 3.02. The molecule has 0 aromatic carbocycles. The molecule has 0 saturated heterocycles. The minimum Gasteiger partial charge on any atom is -0.386 e. The Kier molecular flexibility index (Phi) is 3.45. The molecule has 1 heterocycles. The Labute approximate surface area is 78.1 Å². The lowest BCUT2D eigenvalue weighted by atomic mass is 10.1. The van der Waals surface area contributed by atoms with E-state index < -0.39 is 6.10 Å². The normalized spacial score (nSPS) is 13.2. The number of ether oxygens (including phenoxy) is 1. The summed E-state index contributed by atoms with van der Waals surface area (Å²) in [6, 6.07) is 0. The molecule has 0 aliphatic heterocycles. The van der Waals surface area contributed by atoms with Crippen molar-refractivity contribution in [3.05, 3.63) is 17.5 Å². The molecule has 4 heteroatoms. The van der Waals surface area contributed by atoms with E-state index in [1.807, 2.05) is 27.1 Å². The molecular weight excluding hydrogens is 168 g/mol. The monoisotopic (exact) mass is 184 g/mol. The van der Waals surface area contributed by atoms with Crippen molar-refractivity contribution < 1.29 is 9.84 Å². The van der Waals surface area contributed by atoms with Crippen molar-refractivity contribution in [3.63, 3.8) is 0 Å². The Bertz CT molecular complexity index is 271. The smallest absolute Gasteiger partial charge is 0.106 e. The van der Waals surface area contributed by atoms with Gasteiger partial charge in [0.1, 0.15) is 6.10 Å². The zero-order valence-corrected chi connectivity index (χ0v) is 8.32. The van der Waals surface area contributed by atoms with E-state index in [9.17, 15) is 5.11 Å². The molecule has 1 unspecified atom stereocenters. The maximum atomic E-state index is 9.67. The maximum Gasteiger partial charge on any atom is 0.106 e. The van der Waals surface area contributed by atoms with Crippen molar-refractivity contribution in [3.8, 4) is 0 Å². The standard InChI is InChI=1S/C9H16N2O2/c1-4-13-6-9(12)8-5-11(3)10-7(8)2/h5,9,12H,4,6H2,1-3H3. The lowest BCUT2D eigenvalue weighted by Gasteiger charge is -2.08. The average molecular weight is 184 g/mol. The molecule has 0 aliphatic rings. The van der Waals surface area contributed by atoms with Crippen molar-refractivity contribution in [2.75, 3.05) is 13.2 Å². The molecule has 0 spiro atoms. The van der Waals surface area contributed by atoms with Crippen LogP contribution >= 0.6 is 0 Å². The Morgan fingerprint density at radius 2 is 2.38 bits per heavy atom. The molecule has 0 aliphatic carbocycles. The van der Waals surface area contributed by atoms with E-state index in [1.165, 1.54) is 0 Å². The fraction of sp³-hybridized carbons (Fsp3) is 0.667. The van der Waals surface area contributed by atoms with Gasteiger partial charge < -0.3 is 9.84 Å². The number of aromatic nitrogens is 2. The van der Waals surface area contributed by atoms with E-state index in [4.69, 9.17) is 4.74 Å². The van der Waals surface area contributed by atoms with Gasteiger partial charge in [0.2, 0.25) is 0 Å². The van der Waals surface area contributed by atoms with Gasteiger partial charge in [0.05, 0.1) is 12.3 Å². The Balaban J connectivity index is 2.64. The van der Waals surface area contributed by atoms with Crippen LogP contribution in [0.3, 0.4) is 0 Å². The van der Waals surface area contributed by atoms with Crippen molar-refractivity contribution >= 4 is 0 Å². The molecule has 13 heavy (non-hydrogen) atoms. The van der Waals surface area contributed by atoms with Crippen LogP contribution in [0.4, 0.5) is 0 Å². The average Bonchev–Trinajstić information content (AvgIpc) is 2.41. The highest BCUT2D eigenvalue weighted by Crippen LogP contribution is 2.15. The van der Waals surface area contributed by atoms with E-state index in [-0.39, 0.29) is 0 Å². The molecule has 0 amide bonds. The number of aliphatic hydroxyl groups excluding tert-OH is 1. The zero-order chi connectivity index (χ0) is 9.84. The van der Waals surface area contributed by atoms with Gasteiger partial charge in [-0.05, 0) is 13.8 Å². The first-order chi connectivity index (χ1) is 6.15. The maximum absolute atomic E-state index is 9.67. The Morgan fingerprint density at radius 1 is 1.69 bits per heavy atom. The van der Waals surface area contributed by atoms with Crippen molar-refractivity contribution in [1.82, 2.24) is 9.78 Å². The van der Waals surface area contributed by atoms with Crippen molar-refractivity contribution in [2.45, 2.75) is 20.0 Å². The third-order valence-corrected chi connectivity index (χ3v) is 1.89. The minimum absolute atomic E-state index is 0.336. The fourth-order valence-electron chi connectivity index (χ4n) is 1.26. The zero-order valence-electron chi connectivity index (χ0n) is 8.32. The molecule has 1 aromatic rings. The number of nitrogens with zero attached hydrogens (tertiary/aromatic N) is 2. The lowest BCUT2D eigenvalue weighted by molar-refractivity contribution is 0.0417. The first-order valence-electron chi connectivity index (χ1n) is 4.41. The van der Waals surface area contributed by atoms with Gasteiger partial charge in [-0.1, -0.05) is 0 Å². The van der Waals surface area contributed by atoms with Gasteiger partial charge in [-0.3, -0.25) is 4.68 Å². The molecule has 1 atom stereocenters. The van der Waals surface area contributed by atoms with Crippen LogP contribution in [-0.4, -0.2) is 28.1 Å². The van der Waals surface area contributed by atoms with Crippen LogP contribution in [0.25, 0.3) is 0 Å². The number of hydrogen-bond acceptors (Lipinski definition) is 3. The van der Waals surface area contributed by atoms with Gasteiger partial charge >= 0.3 is 0 Å². The van der Waals surface area contributed by atoms with Crippen LogP contribution in [0, 0.1) is 6.92 Å². The van der Waals surface area contributed by atoms with Gasteiger partial charge in [-0.2, -0.15) is 5.10 Å². The van der Waals surface area contributed by atoms with E-state index in [1.54, 1.807) is 4.68 Å². The van der Waals surface area contributed by atoms with E-state index >= 15 is 0 Å². The van der Waals surface area contributed by atoms with Crippen molar-refractivity contribution in [2.24, 2.45) is 7.05 Å². The number of aryl methyl sites for hydroxylation is 2. The van der Waals surface area contributed by atoms with E-state index in [0.717, 1.165) is 11.3 Å². The molecule has 1 rings (SSSR count). The van der Waals surface area contributed by atoms with Crippen LogP contribution in [0.2, 0.25) is 0 Å². The quantitative estimate of drug-likeness (QED) is 0.752. The van der Waals surface area contributed by atoms with E-state index in [0.29, 0.717) is 13.2 Å². The van der Waals surface area contributed by atoms with Gasteiger partial charge in [0.25, 0.3) is 0 Å².